The second kappa shape index (κ2) is 6.81. The largest absolute Gasteiger partial charge is 0.332 e. The van der Waals surface area contributed by atoms with E-state index in [0.29, 0.717) is 47.6 Å². The summed E-state index contributed by atoms with van der Waals surface area (Å²) in [5.41, 5.74) is 2.26. The quantitative estimate of drug-likeness (QED) is 0.676. The summed E-state index contributed by atoms with van der Waals surface area (Å²) in [4.78, 5) is 32.6. The summed E-state index contributed by atoms with van der Waals surface area (Å²) in [7, 11) is 1.67. The number of hydrogen-bond acceptors (Lipinski definition) is 4. The number of nitrogens with zero attached hydrogens (tertiary/aromatic N) is 5. The van der Waals surface area contributed by atoms with Gasteiger partial charge in [-0.3, -0.25) is 13.9 Å². The number of halogens is 1. The van der Waals surface area contributed by atoms with Gasteiger partial charge in [0, 0.05) is 37.4 Å². The molecular formula is C20H24ClN5O2. The van der Waals surface area contributed by atoms with E-state index >= 15 is 0 Å². The summed E-state index contributed by atoms with van der Waals surface area (Å²) in [6.07, 6.45) is 0.714. The number of fused-ring (bicyclic) bond motifs is 3. The number of benzene rings is 1. The molecule has 1 aromatic carbocycles. The molecule has 0 aliphatic carbocycles. The molecule has 0 bridgehead atoms. The van der Waals surface area contributed by atoms with E-state index in [2.05, 4.69) is 11.8 Å². The lowest BCUT2D eigenvalue weighted by Gasteiger charge is -2.34. The van der Waals surface area contributed by atoms with Crippen LogP contribution in [0.15, 0.2) is 27.8 Å². The van der Waals surface area contributed by atoms with E-state index < -0.39 is 0 Å². The average Bonchev–Trinajstić information content (AvgIpc) is 3.04. The van der Waals surface area contributed by atoms with Gasteiger partial charge in [0.1, 0.15) is 0 Å². The Labute approximate surface area is 167 Å². The third kappa shape index (κ3) is 2.68. The SMILES string of the molecule is CCCn1c(=O)c2c(nc3n2CC(C)CN3c2cccc(Cl)c2C)n(C)c1=O. The highest BCUT2D eigenvalue weighted by molar-refractivity contribution is 6.31. The van der Waals surface area contributed by atoms with Crippen molar-refractivity contribution in [2.24, 2.45) is 13.0 Å². The topological polar surface area (TPSA) is 65.1 Å². The summed E-state index contributed by atoms with van der Waals surface area (Å²) in [6, 6.07) is 5.79. The zero-order chi connectivity index (χ0) is 20.2. The average molecular weight is 402 g/mol. The monoisotopic (exact) mass is 401 g/mol. The van der Waals surface area contributed by atoms with Crippen molar-refractivity contribution in [1.82, 2.24) is 18.7 Å². The molecule has 3 aromatic rings. The summed E-state index contributed by atoms with van der Waals surface area (Å²) in [5.74, 6) is 0.986. The first-order valence-electron chi connectivity index (χ1n) is 9.57. The van der Waals surface area contributed by atoms with Crippen molar-refractivity contribution in [3.63, 3.8) is 0 Å². The zero-order valence-corrected chi connectivity index (χ0v) is 17.3. The molecule has 0 radical (unpaired) electrons. The molecule has 148 valence electrons. The molecular weight excluding hydrogens is 378 g/mol. The first-order chi connectivity index (χ1) is 13.3. The molecule has 7 nitrogen and oxygen atoms in total. The maximum atomic E-state index is 13.1. The van der Waals surface area contributed by atoms with E-state index in [1.54, 1.807) is 7.05 Å². The Morgan fingerprint density at radius 3 is 2.71 bits per heavy atom. The van der Waals surface area contributed by atoms with Crippen molar-refractivity contribution in [3.05, 3.63) is 49.6 Å². The van der Waals surface area contributed by atoms with Crippen LogP contribution in [-0.2, 0) is 20.1 Å². The molecule has 0 saturated carbocycles. The van der Waals surface area contributed by atoms with Crippen LogP contribution in [0.5, 0.6) is 0 Å². The van der Waals surface area contributed by atoms with Gasteiger partial charge in [-0.05, 0) is 37.0 Å². The fourth-order valence-corrected chi connectivity index (χ4v) is 4.19. The van der Waals surface area contributed by atoms with Gasteiger partial charge in [0.2, 0.25) is 5.95 Å². The molecule has 4 rings (SSSR count). The van der Waals surface area contributed by atoms with Gasteiger partial charge < -0.3 is 9.47 Å². The van der Waals surface area contributed by atoms with E-state index in [0.717, 1.165) is 17.8 Å². The number of aryl methyl sites for hydroxylation is 1. The number of aromatic nitrogens is 4. The highest BCUT2D eigenvalue weighted by Crippen LogP contribution is 2.36. The van der Waals surface area contributed by atoms with Crippen molar-refractivity contribution in [2.75, 3.05) is 11.4 Å². The van der Waals surface area contributed by atoms with E-state index in [9.17, 15) is 9.59 Å². The number of imidazole rings is 1. The van der Waals surface area contributed by atoms with Crippen LogP contribution in [0.2, 0.25) is 5.02 Å². The molecule has 0 fully saturated rings. The van der Waals surface area contributed by atoms with E-state index in [4.69, 9.17) is 16.6 Å². The Balaban J connectivity index is 2.04. The number of hydrogen-bond donors (Lipinski definition) is 0. The van der Waals surface area contributed by atoms with Crippen molar-refractivity contribution in [2.45, 2.75) is 40.3 Å². The Morgan fingerprint density at radius 1 is 1.25 bits per heavy atom. The van der Waals surface area contributed by atoms with Crippen LogP contribution in [0, 0.1) is 12.8 Å². The second-order valence-corrected chi connectivity index (χ2v) is 8.00. The third-order valence-electron chi connectivity index (χ3n) is 5.42. The van der Waals surface area contributed by atoms with Crippen molar-refractivity contribution >= 4 is 34.4 Å². The molecule has 3 heterocycles. The number of anilines is 2. The standard InChI is InChI=1S/C20H24ClN5O2/c1-5-9-24-18(27)16-17(23(4)20(24)28)22-19-25(10-12(2)11-26(16)19)15-8-6-7-14(21)13(15)3/h6-8,12H,5,9-11H2,1-4H3. The fourth-order valence-electron chi connectivity index (χ4n) is 4.02. The Bertz CT molecular complexity index is 1190. The van der Waals surface area contributed by atoms with E-state index in [-0.39, 0.29) is 11.2 Å². The molecule has 28 heavy (non-hydrogen) atoms. The van der Waals surface area contributed by atoms with Gasteiger partial charge in [-0.15, -0.1) is 0 Å². The lowest BCUT2D eigenvalue weighted by Crippen LogP contribution is -2.40. The predicted molar refractivity (Wildman–Crippen MR) is 112 cm³/mol. The Morgan fingerprint density at radius 2 is 2.00 bits per heavy atom. The van der Waals surface area contributed by atoms with Gasteiger partial charge in [0.15, 0.2) is 11.2 Å². The summed E-state index contributed by atoms with van der Waals surface area (Å²) < 4.78 is 4.74. The summed E-state index contributed by atoms with van der Waals surface area (Å²) in [5, 5.41) is 0.691. The zero-order valence-electron chi connectivity index (χ0n) is 16.6. The van der Waals surface area contributed by atoms with E-state index in [1.165, 1.54) is 9.13 Å². The van der Waals surface area contributed by atoms with Crippen LogP contribution in [-0.4, -0.2) is 25.2 Å². The summed E-state index contributed by atoms with van der Waals surface area (Å²) >= 11 is 6.35. The maximum absolute atomic E-state index is 13.1. The fraction of sp³-hybridized carbons (Fsp3) is 0.450. The third-order valence-corrected chi connectivity index (χ3v) is 5.83. The van der Waals surface area contributed by atoms with Crippen LogP contribution >= 0.6 is 11.6 Å². The minimum absolute atomic E-state index is 0.268. The molecule has 1 unspecified atom stereocenters. The van der Waals surface area contributed by atoms with Gasteiger partial charge in [-0.2, -0.15) is 4.98 Å². The Kier molecular flexibility index (Phi) is 4.57. The van der Waals surface area contributed by atoms with Crippen LogP contribution in [0.3, 0.4) is 0 Å². The molecule has 0 saturated heterocycles. The molecule has 8 heteroatoms. The lowest BCUT2D eigenvalue weighted by atomic mass is 10.1. The van der Waals surface area contributed by atoms with Crippen LogP contribution in [0.4, 0.5) is 11.6 Å². The minimum atomic E-state index is -0.326. The molecule has 1 aliphatic heterocycles. The second-order valence-electron chi connectivity index (χ2n) is 7.59. The summed E-state index contributed by atoms with van der Waals surface area (Å²) in [6.45, 7) is 7.92. The molecule has 1 aliphatic rings. The van der Waals surface area contributed by atoms with Crippen LogP contribution in [0.25, 0.3) is 11.2 Å². The molecule has 0 N–H and O–H groups in total. The smallest absolute Gasteiger partial charge is 0.311 e. The Hall–Kier alpha value is -2.54. The van der Waals surface area contributed by atoms with Gasteiger partial charge in [0.25, 0.3) is 5.56 Å². The highest BCUT2D eigenvalue weighted by Gasteiger charge is 2.30. The molecule has 0 amide bonds. The first-order valence-corrected chi connectivity index (χ1v) is 9.95. The van der Waals surface area contributed by atoms with Gasteiger partial charge >= 0.3 is 5.69 Å². The first kappa shape index (κ1) is 18.8. The van der Waals surface area contributed by atoms with E-state index in [1.807, 2.05) is 36.6 Å². The van der Waals surface area contributed by atoms with Gasteiger partial charge in [-0.1, -0.05) is 31.5 Å². The minimum Gasteiger partial charge on any atom is -0.311 e. The van der Waals surface area contributed by atoms with Gasteiger partial charge in [-0.25, -0.2) is 4.79 Å². The lowest BCUT2D eigenvalue weighted by molar-refractivity contribution is 0.457. The predicted octanol–water partition coefficient (Wildman–Crippen LogP) is 3.06. The van der Waals surface area contributed by atoms with Crippen LogP contribution < -0.4 is 16.1 Å². The maximum Gasteiger partial charge on any atom is 0.332 e. The molecule has 1 atom stereocenters. The van der Waals surface area contributed by atoms with Gasteiger partial charge in [0.05, 0.1) is 0 Å². The normalized spacial score (nSPS) is 16.6. The van der Waals surface area contributed by atoms with Crippen LogP contribution in [0.1, 0.15) is 25.8 Å². The number of rotatable bonds is 3. The van der Waals surface area contributed by atoms with Crippen molar-refractivity contribution in [1.29, 1.82) is 0 Å². The highest BCUT2D eigenvalue weighted by atomic mass is 35.5. The van der Waals surface area contributed by atoms with Crippen molar-refractivity contribution < 1.29 is 0 Å². The van der Waals surface area contributed by atoms with Crippen molar-refractivity contribution in [3.8, 4) is 0 Å². The molecule has 2 aromatic heterocycles. The molecule has 0 spiro atoms.